The van der Waals surface area contributed by atoms with Crippen molar-refractivity contribution in [2.24, 2.45) is 5.92 Å². The zero-order chi connectivity index (χ0) is 14.4. The van der Waals surface area contributed by atoms with E-state index < -0.39 is 0 Å². The first-order chi connectivity index (χ1) is 9.72. The highest BCUT2D eigenvalue weighted by Crippen LogP contribution is 2.22. The molecule has 0 saturated carbocycles. The Morgan fingerprint density at radius 1 is 1.40 bits per heavy atom. The lowest BCUT2D eigenvalue weighted by molar-refractivity contribution is 0.207. The Labute approximate surface area is 121 Å². The van der Waals surface area contributed by atoms with Gasteiger partial charge < -0.3 is 15.0 Å². The van der Waals surface area contributed by atoms with Gasteiger partial charge in [-0.25, -0.2) is 4.79 Å². The molecular formula is C16H24N2O2. The minimum atomic E-state index is 0.0871. The first-order valence-corrected chi connectivity index (χ1v) is 7.38. The molecule has 110 valence electrons. The van der Waals surface area contributed by atoms with Gasteiger partial charge in [0.15, 0.2) is 0 Å². The number of nitrogens with one attached hydrogen (secondary N) is 1. The van der Waals surface area contributed by atoms with Gasteiger partial charge in [-0.3, -0.25) is 0 Å². The molecule has 1 aliphatic heterocycles. The molecule has 1 aromatic carbocycles. The van der Waals surface area contributed by atoms with Crippen molar-refractivity contribution in [3.05, 3.63) is 29.8 Å². The number of rotatable bonds is 5. The number of likely N-dealkylation sites (tertiary alicyclic amines) is 1. The Bertz CT molecular complexity index is 431. The predicted molar refractivity (Wildman–Crippen MR) is 80.1 cm³/mol. The van der Waals surface area contributed by atoms with E-state index in [0.717, 1.165) is 44.6 Å². The molecule has 1 atom stereocenters. The number of hydrogen-bond donors (Lipinski definition) is 1. The van der Waals surface area contributed by atoms with Crippen LogP contribution in [0.5, 0.6) is 5.75 Å². The van der Waals surface area contributed by atoms with Gasteiger partial charge in [-0.1, -0.05) is 19.1 Å². The van der Waals surface area contributed by atoms with Crippen molar-refractivity contribution in [1.82, 2.24) is 10.2 Å². The third-order valence-corrected chi connectivity index (χ3v) is 3.78. The SMILES string of the molecule is CCCNC(=O)N1CCC(Cc2ccc(OC)cc2)C1. The Hall–Kier alpha value is -1.71. The van der Waals surface area contributed by atoms with Crippen LogP contribution in [-0.2, 0) is 6.42 Å². The van der Waals surface area contributed by atoms with E-state index in [9.17, 15) is 4.79 Å². The number of nitrogens with zero attached hydrogens (tertiary/aromatic N) is 1. The smallest absolute Gasteiger partial charge is 0.317 e. The summed E-state index contributed by atoms with van der Waals surface area (Å²) in [6.07, 6.45) is 3.10. The van der Waals surface area contributed by atoms with Crippen LogP contribution in [0.25, 0.3) is 0 Å². The zero-order valence-electron chi connectivity index (χ0n) is 12.4. The molecule has 1 aliphatic rings. The highest BCUT2D eigenvalue weighted by molar-refractivity contribution is 5.74. The van der Waals surface area contributed by atoms with Crippen molar-refractivity contribution >= 4 is 6.03 Å². The van der Waals surface area contributed by atoms with Crippen LogP contribution in [0, 0.1) is 5.92 Å². The largest absolute Gasteiger partial charge is 0.497 e. The topological polar surface area (TPSA) is 41.6 Å². The van der Waals surface area contributed by atoms with E-state index in [1.165, 1.54) is 5.56 Å². The minimum Gasteiger partial charge on any atom is -0.497 e. The maximum Gasteiger partial charge on any atom is 0.317 e. The van der Waals surface area contributed by atoms with E-state index in [2.05, 4.69) is 24.4 Å². The summed E-state index contributed by atoms with van der Waals surface area (Å²) in [6, 6.07) is 8.30. The molecule has 2 rings (SSSR count). The average Bonchev–Trinajstić information content (AvgIpc) is 2.94. The number of urea groups is 1. The maximum atomic E-state index is 11.9. The first-order valence-electron chi connectivity index (χ1n) is 7.38. The van der Waals surface area contributed by atoms with Gasteiger partial charge in [-0.05, 0) is 42.9 Å². The van der Waals surface area contributed by atoms with Crippen LogP contribution in [0.3, 0.4) is 0 Å². The van der Waals surface area contributed by atoms with Crippen molar-refractivity contribution in [2.75, 3.05) is 26.7 Å². The summed E-state index contributed by atoms with van der Waals surface area (Å²) in [5, 5.41) is 2.94. The number of methoxy groups -OCH3 is 1. The molecule has 4 nitrogen and oxygen atoms in total. The molecule has 1 fully saturated rings. The van der Waals surface area contributed by atoms with Gasteiger partial charge >= 0.3 is 6.03 Å². The van der Waals surface area contributed by atoms with Crippen LogP contribution < -0.4 is 10.1 Å². The molecule has 20 heavy (non-hydrogen) atoms. The van der Waals surface area contributed by atoms with Crippen LogP contribution in [0.4, 0.5) is 4.79 Å². The van der Waals surface area contributed by atoms with E-state index in [4.69, 9.17) is 4.74 Å². The number of ether oxygens (including phenoxy) is 1. The molecule has 0 aromatic heterocycles. The van der Waals surface area contributed by atoms with E-state index in [-0.39, 0.29) is 6.03 Å². The highest BCUT2D eigenvalue weighted by atomic mass is 16.5. The second kappa shape index (κ2) is 7.17. The highest BCUT2D eigenvalue weighted by Gasteiger charge is 2.25. The molecule has 1 aromatic rings. The lowest BCUT2D eigenvalue weighted by atomic mass is 9.99. The Kier molecular flexibility index (Phi) is 5.27. The summed E-state index contributed by atoms with van der Waals surface area (Å²) in [5.41, 5.74) is 1.31. The fraction of sp³-hybridized carbons (Fsp3) is 0.562. The van der Waals surface area contributed by atoms with Crippen molar-refractivity contribution in [3.8, 4) is 5.75 Å². The molecule has 1 heterocycles. The summed E-state index contributed by atoms with van der Waals surface area (Å²) in [6.45, 7) is 4.56. The van der Waals surface area contributed by atoms with Gasteiger partial charge in [0.25, 0.3) is 0 Å². The van der Waals surface area contributed by atoms with Gasteiger partial charge in [-0.2, -0.15) is 0 Å². The van der Waals surface area contributed by atoms with Crippen LogP contribution in [0.2, 0.25) is 0 Å². The van der Waals surface area contributed by atoms with Gasteiger partial charge in [0.05, 0.1) is 7.11 Å². The quantitative estimate of drug-likeness (QED) is 0.898. The average molecular weight is 276 g/mol. The summed E-state index contributed by atoms with van der Waals surface area (Å²) in [4.78, 5) is 13.8. The standard InChI is InChI=1S/C16H24N2O2/c1-3-9-17-16(19)18-10-8-14(12-18)11-13-4-6-15(20-2)7-5-13/h4-7,14H,3,8-12H2,1-2H3,(H,17,19). The molecule has 1 N–H and O–H groups in total. The summed E-state index contributed by atoms with van der Waals surface area (Å²) in [5.74, 6) is 1.46. The molecule has 0 aliphatic carbocycles. The van der Waals surface area contributed by atoms with Gasteiger partial charge in [-0.15, -0.1) is 0 Å². The molecule has 1 unspecified atom stereocenters. The summed E-state index contributed by atoms with van der Waals surface area (Å²) >= 11 is 0. The van der Waals surface area contributed by atoms with Crippen LogP contribution in [0.15, 0.2) is 24.3 Å². The molecule has 0 radical (unpaired) electrons. The first kappa shape index (κ1) is 14.7. The van der Waals surface area contributed by atoms with Gasteiger partial charge in [0.1, 0.15) is 5.75 Å². The van der Waals surface area contributed by atoms with Crippen molar-refractivity contribution < 1.29 is 9.53 Å². The van der Waals surface area contributed by atoms with E-state index in [1.807, 2.05) is 17.0 Å². The molecule has 1 saturated heterocycles. The molecule has 2 amide bonds. The number of amides is 2. The van der Waals surface area contributed by atoms with E-state index in [0.29, 0.717) is 5.92 Å². The Morgan fingerprint density at radius 3 is 2.80 bits per heavy atom. The Balaban J connectivity index is 1.81. The fourth-order valence-corrected chi connectivity index (χ4v) is 2.62. The predicted octanol–water partition coefficient (Wildman–Crippen LogP) is 2.68. The number of carbonyl (C=O) groups is 1. The molecule has 0 bridgehead atoms. The maximum absolute atomic E-state index is 11.9. The lowest BCUT2D eigenvalue weighted by Gasteiger charge is -2.17. The van der Waals surface area contributed by atoms with Gasteiger partial charge in [0.2, 0.25) is 0 Å². The monoisotopic (exact) mass is 276 g/mol. The van der Waals surface area contributed by atoms with Crippen molar-refractivity contribution in [1.29, 1.82) is 0 Å². The number of carbonyl (C=O) groups excluding carboxylic acids is 1. The normalized spacial score (nSPS) is 18.1. The van der Waals surface area contributed by atoms with Crippen LogP contribution in [0.1, 0.15) is 25.3 Å². The number of benzene rings is 1. The minimum absolute atomic E-state index is 0.0871. The van der Waals surface area contributed by atoms with Crippen LogP contribution >= 0.6 is 0 Å². The Morgan fingerprint density at radius 2 is 2.15 bits per heavy atom. The second-order valence-electron chi connectivity index (χ2n) is 5.38. The molecule has 4 heteroatoms. The fourth-order valence-electron chi connectivity index (χ4n) is 2.62. The second-order valence-corrected chi connectivity index (χ2v) is 5.38. The number of hydrogen-bond acceptors (Lipinski definition) is 2. The van der Waals surface area contributed by atoms with Crippen LogP contribution in [-0.4, -0.2) is 37.7 Å². The van der Waals surface area contributed by atoms with E-state index >= 15 is 0 Å². The summed E-state index contributed by atoms with van der Waals surface area (Å²) in [7, 11) is 1.68. The van der Waals surface area contributed by atoms with Crippen molar-refractivity contribution in [2.45, 2.75) is 26.2 Å². The van der Waals surface area contributed by atoms with Gasteiger partial charge in [0, 0.05) is 19.6 Å². The molecular weight excluding hydrogens is 252 g/mol. The molecule has 0 spiro atoms. The lowest BCUT2D eigenvalue weighted by Crippen LogP contribution is -2.38. The summed E-state index contributed by atoms with van der Waals surface area (Å²) < 4.78 is 5.16. The van der Waals surface area contributed by atoms with Crippen molar-refractivity contribution in [3.63, 3.8) is 0 Å². The van der Waals surface area contributed by atoms with E-state index in [1.54, 1.807) is 7.11 Å². The third kappa shape index (κ3) is 3.89. The third-order valence-electron chi connectivity index (χ3n) is 3.78. The zero-order valence-corrected chi connectivity index (χ0v) is 12.4.